The molecule has 0 aromatic heterocycles. The van der Waals surface area contributed by atoms with Crippen LogP contribution in [0.2, 0.25) is 0 Å². The zero-order valence-electron chi connectivity index (χ0n) is 10.4. The van der Waals surface area contributed by atoms with Crippen molar-refractivity contribution in [1.82, 2.24) is 0 Å². The van der Waals surface area contributed by atoms with E-state index < -0.39 is 11.5 Å². The van der Waals surface area contributed by atoms with Crippen LogP contribution >= 0.6 is 0 Å². The third kappa shape index (κ3) is 2.43. The van der Waals surface area contributed by atoms with E-state index in [-0.39, 0.29) is 5.92 Å². The standard InChI is InChI=1S/C14H19NO2/c1-3-10-5-4-6-12(9-10)15-14(2,13(16)17)11-7-8-11/h4-6,9,11,15H,3,7-8H2,1-2H3,(H,16,17). The van der Waals surface area contributed by atoms with Gasteiger partial charge < -0.3 is 10.4 Å². The van der Waals surface area contributed by atoms with Crippen molar-refractivity contribution in [1.29, 1.82) is 0 Å². The molecule has 1 aliphatic carbocycles. The zero-order chi connectivity index (χ0) is 12.5. The number of rotatable bonds is 5. The first-order valence-electron chi connectivity index (χ1n) is 6.16. The average molecular weight is 233 g/mol. The van der Waals surface area contributed by atoms with E-state index in [0.29, 0.717) is 0 Å². The number of benzene rings is 1. The van der Waals surface area contributed by atoms with Crippen LogP contribution in [0, 0.1) is 5.92 Å². The lowest BCUT2D eigenvalue weighted by Gasteiger charge is -2.27. The lowest BCUT2D eigenvalue weighted by molar-refractivity contribution is -0.142. The van der Waals surface area contributed by atoms with Crippen molar-refractivity contribution in [2.75, 3.05) is 5.32 Å². The summed E-state index contributed by atoms with van der Waals surface area (Å²) in [6, 6.07) is 7.99. The first kappa shape index (κ1) is 12.0. The van der Waals surface area contributed by atoms with Gasteiger partial charge >= 0.3 is 5.97 Å². The molecule has 1 aliphatic rings. The number of anilines is 1. The molecular formula is C14H19NO2. The second-order valence-electron chi connectivity index (χ2n) is 4.96. The van der Waals surface area contributed by atoms with E-state index in [4.69, 9.17) is 0 Å². The zero-order valence-corrected chi connectivity index (χ0v) is 10.4. The van der Waals surface area contributed by atoms with Crippen molar-refractivity contribution in [2.45, 2.75) is 38.6 Å². The van der Waals surface area contributed by atoms with Crippen molar-refractivity contribution in [2.24, 2.45) is 5.92 Å². The van der Waals surface area contributed by atoms with E-state index in [1.54, 1.807) is 6.92 Å². The molecule has 0 spiro atoms. The highest BCUT2D eigenvalue weighted by Crippen LogP contribution is 2.41. The Balaban J connectivity index is 2.20. The first-order valence-corrected chi connectivity index (χ1v) is 6.16. The van der Waals surface area contributed by atoms with E-state index in [1.807, 2.05) is 18.2 Å². The minimum Gasteiger partial charge on any atom is -0.480 e. The predicted octanol–water partition coefficient (Wildman–Crippen LogP) is 2.91. The van der Waals surface area contributed by atoms with E-state index in [1.165, 1.54) is 5.56 Å². The van der Waals surface area contributed by atoms with Crippen LogP contribution < -0.4 is 5.32 Å². The average Bonchev–Trinajstić information content (AvgIpc) is 3.13. The highest BCUT2D eigenvalue weighted by Gasteiger charge is 2.47. The van der Waals surface area contributed by atoms with Crippen LogP contribution in [0.15, 0.2) is 24.3 Å². The SMILES string of the molecule is CCc1cccc(NC(C)(C(=O)O)C2CC2)c1. The van der Waals surface area contributed by atoms with Gasteiger partial charge in [-0.3, -0.25) is 0 Å². The van der Waals surface area contributed by atoms with Crippen molar-refractivity contribution >= 4 is 11.7 Å². The topological polar surface area (TPSA) is 49.3 Å². The van der Waals surface area contributed by atoms with E-state index in [9.17, 15) is 9.90 Å². The van der Waals surface area contributed by atoms with Crippen LogP contribution in [-0.4, -0.2) is 16.6 Å². The van der Waals surface area contributed by atoms with Gasteiger partial charge in [0.25, 0.3) is 0 Å². The molecule has 1 saturated carbocycles. The summed E-state index contributed by atoms with van der Waals surface area (Å²) in [7, 11) is 0. The molecule has 3 nitrogen and oxygen atoms in total. The van der Waals surface area contributed by atoms with Gasteiger partial charge in [0.05, 0.1) is 0 Å². The molecule has 1 atom stereocenters. The van der Waals surface area contributed by atoms with Gasteiger partial charge in [-0.2, -0.15) is 0 Å². The van der Waals surface area contributed by atoms with Gasteiger partial charge in [-0.25, -0.2) is 4.79 Å². The number of carboxylic acids is 1. The molecule has 1 aromatic carbocycles. The highest BCUT2D eigenvalue weighted by atomic mass is 16.4. The molecule has 92 valence electrons. The number of aryl methyl sites for hydroxylation is 1. The van der Waals surface area contributed by atoms with Crippen LogP contribution in [0.1, 0.15) is 32.3 Å². The maximum absolute atomic E-state index is 11.4. The van der Waals surface area contributed by atoms with Crippen LogP contribution in [0.5, 0.6) is 0 Å². The largest absolute Gasteiger partial charge is 0.480 e. The summed E-state index contributed by atoms with van der Waals surface area (Å²) >= 11 is 0. The van der Waals surface area contributed by atoms with Crippen LogP contribution in [0.3, 0.4) is 0 Å². The summed E-state index contributed by atoms with van der Waals surface area (Å²) in [5.41, 5.74) is 1.30. The van der Waals surface area contributed by atoms with Crippen LogP contribution in [-0.2, 0) is 11.2 Å². The van der Waals surface area contributed by atoms with Crippen molar-refractivity contribution < 1.29 is 9.90 Å². The maximum Gasteiger partial charge on any atom is 0.329 e. The molecule has 0 saturated heterocycles. The third-order valence-electron chi connectivity index (χ3n) is 3.58. The number of hydrogen-bond donors (Lipinski definition) is 2. The van der Waals surface area contributed by atoms with Gasteiger partial charge in [0.15, 0.2) is 0 Å². The molecule has 17 heavy (non-hydrogen) atoms. The van der Waals surface area contributed by atoms with E-state index in [0.717, 1.165) is 24.9 Å². The smallest absolute Gasteiger partial charge is 0.329 e. The highest BCUT2D eigenvalue weighted by molar-refractivity contribution is 5.83. The summed E-state index contributed by atoms with van der Waals surface area (Å²) in [4.78, 5) is 11.4. The lowest BCUT2D eigenvalue weighted by Crippen LogP contribution is -2.45. The number of nitrogens with one attached hydrogen (secondary N) is 1. The normalized spacial score (nSPS) is 18.5. The summed E-state index contributed by atoms with van der Waals surface area (Å²) < 4.78 is 0. The molecule has 2 rings (SSSR count). The van der Waals surface area contributed by atoms with Crippen LogP contribution in [0.25, 0.3) is 0 Å². The Labute approximate surface area is 102 Å². The number of hydrogen-bond acceptors (Lipinski definition) is 2. The molecule has 0 amide bonds. The maximum atomic E-state index is 11.4. The van der Waals surface area contributed by atoms with Crippen LogP contribution in [0.4, 0.5) is 5.69 Å². The second-order valence-corrected chi connectivity index (χ2v) is 4.96. The fraction of sp³-hybridized carbons (Fsp3) is 0.500. The minimum atomic E-state index is -0.827. The first-order chi connectivity index (χ1) is 8.06. The second kappa shape index (κ2) is 4.40. The Kier molecular flexibility index (Phi) is 3.09. The fourth-order valence-corrected chi connectivity index (χ4v) is 2.16. The van der Waals surface area contributed by atoms with Gasteiger partial charge in [-0.05, 0) is 49.8 Å². The lowest BCUT2D eigenvalue weighted by atomic mass is 9.95. The molecule has 3 heteroatoms. The monoisotopic (exact) mass is 233 g/mol. The number of aliphatic carboxylic acids is 1. The Morgan fingerprint density at radius 3 is 2.76 bits per heavy atom. The number of carboxylic acid groups (broad SMARTS) is 1. The van der Waals surface area contributed by atoms with Crippen molar-refractivity contribution in [3.63, 3.8) is 0 Å². The predicted molar refractivity (Wildman–Crippen MR) is 68.2 cm³/mol. The Hall–Kier alpha value is -1.51. The van der Waals surface area contributed by atoms with Gasteiger partial charge in [0.2, 0.25) is 0 Å². The molecule has 1 unspecified atom stereocenters. The molecule has 1 aromatic rings. The summed E-state index contributed by atoms with van der Waals surface area (Å²) in [6.45, 7) is 3.88. The van der Waals surface area contributed by atoms with Crippen molar-refractivity contribution in [3.05, 3.63) is 29.8 Å². The Bertz CT molecular complexity index is 426. The Morgan fingerprint density at radius 2 is 2.24 bits per heavy atom. The van der Waals surface area contributed by atoms with Gasteiger partial charge in [0.1, 0.15) is 5.54 Å². The molecule has 0 heterocycles. The molecule has 0 radical (unpaired) electrons. The van der Waals surface area contributed by atoms with Crippen molar-refractivity contribution in [3.8, 4) is 0 Å². The van der Waals surface area contributed by atoms with Gasteiger partial charge in [0, 0.05) is 5.69 Å². The molecule has 1 fully saturated rings. The molecule has 0 bridgehead atoms. The number of carbonyl (C=O) groups is 1. The summed E-state index contributed by atoms with van der Waals surface area (Å²) in [5.74, 6) is -0.507. The van der Waals surface area contributed by atoms with E-state index >= 15 is 0 Å². The third-order valence-corrected chi connectivity index (χ3v) is 3.58. The summed E-state index contributed by atoms with van der Waals surface area (Å²) in [6.07, 6.45) is 2.97. The van der Waals surface area contributed by atoms with Gasteiger partial charge in [-0.15, -0.1) is 0 Å². The quantitative estimate of drug-likeness (QED) is 0.822. The molecular weight excluding hydrogens is 214 g/mol. The van der Waals surface area contributed by atoms with Gasteiger partial charge in [-0.1, -0.05) is 19.1 Å². The Morgan fingerprint density at radius 1 is 1.53 bits per heavy atom. The summed E-state index contributed by atoms with van der Waals surface area (Å²) in [5, 5.41) is 12.6. The fourth-order valence-electron chi connectivity index (χ4n) is 2.16. The van der Waals surface area contributed by atoms with E-state index in [2.05, 4.69) is 18.3 Å². The molecule has 2 N–H and O–H groups in total. The molecule has 0 aliphatic heterocycles. The minimum absolute atomic E-state index is 0.255.